The summed E-state index contributed by atoms with van der Waals surface area (Å²) in [5.74, 6) is 0.494. The van der Waals surface area contributed by atoms with E-state index in [1.54, 1.807) is 36.7 Å². The Kier molecular flexibility index (Phi) is 4.89. The van der Waals surface area contributed by atoms with E-state index in [4.69, 9.17) is 10.2 Å². The quantitative estimate of drug-likeness (QED) is 0.497. The molecule has 0 saturated heterocycles. The first-order chi connectivity index (χ1) is 13.7. The number of rotatable bonds is 5. The Bertz CT molecular complexity index is 1100. The number of hydrogen-bond donors (Lipinski definition) is 2. The highest BCUT2D eigenvalue weighted by Crippen LogP contribution is 2.24. The highest BCUT2D eigenvalue weighted by molar-refractivity contribution is 6.02. The normalized spacial score (nSPS) is 10.6. The molecule has 4 aromatic rings. The van der Waals surface area contributed by atoms with E-state index in [1.165, 1.54) is 5.56 Å². The average Bonchev–Trinajstić information content (AvgIpc) is 3.20. The molecule has 0 atom stereocenters. The largest absolute Gasteiger partial charge is 0.451 e. The Morgan fingerprint density at radius 2 is 1.79 bits per heavy atom. The van der Waals surface area contributed by atoms with Gasteiger partial charge in [0.2, 0.25) is 0 Å². The van der Waals surface area contributed by atoms with E-state index in [0.29, 0.717) is 17.1 Å². The van der Waals surface area contributed by atoms with Crippen LogP contribution in [-0.2, 0) is 6.42 Å². The van der Waals surface area contributed by atoms with E-state index >= 15 is 0 Å². The number of nitrogens with two attached hydrogens (primary N) is 1. The van der Waals surface area contributed by atoms with Crippen molar-refractivity contribution in [2.75, 3.05) is 11.1 Å². The number of aromatic nitrogens is 1. The predicted octanol–water partition coefficient (Wildman–Crippen LogP) is 4.77. The van der Waals surface area contributed by atoms with Crippen LogP contribution in [-0.4, -0.2) is 10.9 Å². The SMILES string of the molecule is Nc1cccc(-c2ccc(C(=O)Nc3cncc(Cc4ccccc4)c3)o2)c1. The molecular weight excluding hydrogens is 350 g/mol. The number of nitrogen functional groups attached to an aromatic ring is 1. The van der Waals surface area contributed by atoms with Crippen molar-refractivity contribution in [3.63, 3.8) is 0 Å². The van der Waals surface area contributed by atoms with Gasteiger partial charge in [0.05, 0.1) is 11.9 Å². The average molecular weight is 369 g/mol. The van der Waals surface area contributed by atoms with Crippen LogP contribution < -0.4 is 11.1 Å². The lowest BCUT2D eigenvalue weighted by Gasteiger charge is -2.06. The molecule has 1 amide bonds. The summed E-state index contributed by atoms with van der Waals surface area (Å²) >= 11 is 0. The summed E-state index contributed by atoms with van der Waals surface area (Å²) in [5, 5.41) is 2.84. The molecule has 5 nitrogen and oxygen atoms in total. The molecule has 0 radical (unpaired) electrons. The monoisotopic (exact) mass is 369 g/mol. The van der Waals surface area contributed by atoms with Crippen molar-refractivity contribution in [3.05, 3.63) is 102 Å². The van der Waals surface area contributed by atoms with Gasteiger partial charge in [-0.1, -0.05) is 42.5 Å². The van der Waals surface area contributed by atoms with Gasteiger partial charge in [-0.3, -0.25) is 9.78 Å². The number of hydrogen-bond acceptors (Lipinski definition) is 4. The molecule has 0 bridgehead atoms. The summed E-state index contributed by atoms with van der Waals surface area (Å²) in [4.78, 5) is 16.8. The van der Waals surface area contributed by atoms with Crippen LogP contribution >= 0.6 is 0 Å². The molecule has 0 aliphatic rings. The molecular formula is C23H19N3O2. The molecule has 2 aromatic heterocycles. The van der Waals surface area contributed by atoms with Crippen molar-refractivity contribution in [2.24, 2.45) is 0 Å². The van der Waals surface area contributed by atoms with Crippen LogP contribution in [0.1, 0.15) is 21.7 Å². The lowest BCUT2D eigenvalue weighted by atomic mass is 10.1. The van der Waals surface area contributed by atoms with Crippen molar-refractivity contribution in [3.8, 4) is 11.3 Å². The smallest absolute Gasteiger partial charge is 0.291 e. The van der Waals surface area contributed by atoms with E-state index in [9.17, 15) is 4.79 Å². The molecule has 0 aliphatic heterocycles. The third kappa shape index (κ3) is 4.10. The molecule has 0 fully saturated rings. The second kappa shape index (κ2) is 7.80. The Labute approximate surface area is 162 Å². The first kappa shape index (κ1) is 17.5. The lowest BCUT2D eigenvalue weighted by Crippen LogP contribution is -2.11. The Hall–Kier alpha value is -3.86. The molecule has 2 aromatic carbocycles. The van der Waals surface area contributed by atoms with Crippen LogP contribution in [0.5, 0.6) is 0 Å². The number of pyridine rings is 1. The van der Waals surface area contributed by atoms with Crippen molar-refractivity contribution in [2.45, 2.75) is 6.42 Å². The molecule has 4 rings (SSSR count). The second-order valence-corrected chi connectivity index (χ2v) is 6.49. The van der Waals surface area contributed by atoms with Crippen molar-refractivity contribution in [1.29, 1.82) is 0 Å². The van der Waals surface area contributed by atoms with Crippen LogP contribution in [0.15, 0.2) is 89.6 Å². The third-order valence-corrected chi connectivity index (χ3v) is 4.30. The van der Waals surface area contributed by atoms with Gasteiger partial charge in [0.15, 0.2) is 5.76 Å². The van der Waals surface area contributed by atoms with E-state index in [1.807, 2.05) is 36.4 Å². The van der Waals surface area contributed by atoms with E-state index in [2.05, 4.69) is 22.4 Å². The maximum Gasteiger partial charge on any atom is 0.291 e. The Balaban J connectivity index is 1.47. The first-order valence-corrected chi connectivity index (χ1v) is 8.92. The number of carbonyl (C=O) groups excluding carboxylic acids is 1. The number of furan rings is 1. The number of carbonyl (C=O) groups is 1. The maximum atomic E-state index is 12.5. The highest BCUT2D eigenvalue weighted by Gasteiger charge is 2.13. The standard InChI is InChI=1S/C23H19N3O2/c24-19-8-4-7-18(13-19)21-9-10-22(28-21)23(27)26-20-12-17(14-25-15-20)11-16-5-2-1-3-6-16/h1-10,12-15H,11,24H2,(H,26,27). The zero-order valence-corrected chi connectivity index (χ0v) is 15.1. The van der Waals surface area contributed by atoms with Gasteiger partial charge in [-0.25, -0.2) is 0 Å². The van der Waals surface area contributed by atoms with E-state index in [-0.39, 0.29) is 11.7 Å². The molecule has 0 unspecified atom stereocenters. The minimum atomic E-state index is -0.325. The van der Waals surface area contributed by atoms with Crippen LogP contribution in [0.3, 0.4) is 0 Å². The minimum absolute atomic E-state index is 0.228. The minimum Gasteiger partial charge on any atom is -0.451 e. The predicted molar refractivity (Wildman–Crippen MR) is 110 cm³/mol. The Morgan fingerprint density at radius 1 is 0.929 bits per heavy atom. The summed E-state index contributed by atoms with van der Waals surface area (Å²) in [6.07, 6.45) is 4.17. The van der Waals surface area contributed by atoms with Gasteiger partial charge < -0.3 is 15.5 Å². The zero-order valence-electron chi connectivity index (χ0n) is 15.1. The molecule has 0 saturated carbocycles. The topological polar surface area (TPSA) is 81.2 Å². The van der Waals surface area contributed by atoms with Gasteiger partial charge in [-0.05, 0) is 47.9 Å². The summed E-state index contributed by atoms with van der Waals surface area (Å²) in [7, 11) is 0. The van der Waals surface area contributed by atoms with E-state index in [0.717, 1.165) is 17.5 Å². The molecule has 0 spiro atoms. The second-order valence-electron chi connectivity index (χ2n) is 6.49. The summed E-state index contributed by atoms with van der Waals surface area (Å²) in [5.41, 5.74) is 10.1. The fourth-order valence-corrected chi connectivity index (χ4v) is 2.98. The van der Waals surface area contributed by atoms with Gasteiger partial charge in [0.25, 0.3) is 5.91 Å². The maximum absolute atomic E-state index is 12.5. The fourth-order valence-electron chi connectivity index (χ4n) is 2.98. The molecule has 138 valence electrons. The number of nitrogens with one attached hydrogen (secondary N) is 1. The summed E-state index contributed by atoms with van der Waals surface area (Å²) < 4.78 is 5.70. The van der Waals surface area contributed by atoms with Crippen LogP contribution in [0, 0.1) is 0 Å². The molecule has 5 heteroatoms. The lowest BCUT2D eigenvalue weighted by molar-refractivity contribution is 0.0997. The van der Waals surface area contributed by atoms with Crippen molar-refractivity contribution >= 4 is 17.3 Å². The van der Waals surface area contributed by atoms with Crippen molar-refractivity contribution < 1.29 is 9.21 Å². The molecule has 3 N–H and O–H groups in total. The van der Waals surface area contributed by atoms with Gasteiger partial charge in [-0.15, -0.1) is 0 Å². The molecule has 2 heterocycles. The number of amides is 1. The summed E-state index contributed by atoms with van der Waals surface area (Å²) in [6.45, 7) is 0. The van der Waals surface area contributed by atoms with Gasteiger partial charge in [0, 0.05) is 17.4 Å². The molecule has 0 aliphatic carbocycles. The van der Waals surface area contributed by atoms with E-state index < -0.39 is 0 Å². The fraction of sp³-hybridized carbons (Fsp3) is 0.0435. The van der Waals surface area contributed by atoms with Crippen molar-refractivity contribution in [1.82, 2.24) is 4.98 Å². The van der Waals surface area contributed by atoms with Gasteiger partial charge in [-0.2, -0.15) is 0 Å². The molecule has 28 heavy (non-hydrogen) atoms. The number of nitrogens with zero attached hydrogens (tertiary/aromatic N) is 1. The first-order valence-electron chi connectivity index (χ1n) is 8.92. The van der Waals surface area contributed by atoms with Crippen LogP contribution in [0.25, 0.3) is 11.3 Å². The van der Waals surface area contributed by atoms with Gasteiger partial charge >= 0.3 is 0 Å². The number of benzene rings is 2. The number of anilines is 2. The third-order valence-electron chi connectivity index (χ3n) is 4.30. The van der Waals surface area contributed by atoms with Crippen LogP contribution in [0.2, 0.25) is 0 Å². The zero-order chi connectivity index (χ0) is 19.3. The van der Waals surface area contributed by atoms with Crippen LogP contribution in [0.4, 0.5) is 11.4 Å². The van der Waals surface area contributed by atoms with Gasteiger partial charge in [0.1, 0.15) is 5.76 Å². The Morgan fingerprint density at radius 3 is 2.61 bits per heavy atom. The summed E-state index contributed by atoms with van der Waals surface area (Å²) in [6, 6.07) is 22.8. The highest BCUT2D eigenvalue weighted by atomic mass is 16.3.